The average molecular weight is 390 g/mol. The number of nitrogens with zero attached hydrogens (tertiary/aromatic N) is 2. The van der Waals surface area contributed by atoms with Crippen LogP contribution in [0.2, 0.25) is 0 Å². The number of aromatic nitrogens is 1. The zero-order chi connectivity index (χ0) is 19.9. The van der Waals surface area contributed by atoms with Gasteiger partial charge in [-0.1, -0.05) is 0 Å². The second-order valence-corrected chi connectivity index (χ2v) is 7.58. The third-order valence-corrected chi connectivity index (χ3v) is 5.90. The highest BCUT2D eigenvalue weighted by molar-refractivity contribution is 5.77. The molecule has 1 aromatic carbocycles. The summed E-state index contributed by atoms with van der Waals surface area (Å²) in [5.74, 6) is -1.94. The van der Waals surface area contributed by atoms with Crippen LogP contribution in [-0.2, 0) is 16.0 Å². The van der Waals surface area contributed by atoms with Crippen LogP contribution in [0.1, 0.15) is 31.6 Å². The first kappa shape index (κ1) is 18.6. The Morgan fingerprint density at radius 3 is 2.68 bits per heavy atom. The van der Waals surface area contributed by atoms with Gasteiger partial charge in [-0.2, -0.15) is 0 Å². The largest absolute Gasteiger partial charge is 0.481 e. The number of aliphatic carboxylic acids is 1. The summed E-state index contributed by atoms with van der Waals surface area (Å²) in [5, 5.41) is 9.13. The van der Waals surface area contributed by atoms with Gasteiger partial charge in [-0.3, -0.25) is 9.59 Å². The maximum absolute atomic E-state index is 13.8. The minimum absolute atomic E-state index is 0.0323. The standard InChI is InChI=1S/C20H20F2N2O4/c21-12-1-2-13(15(22)9-12)16-11-23-17(28-16)3-4-18(25)24-7-5-20(6-8-24)10-14(20)19(26)27/h1-2,9,11,14H,3-8,10H2,(H,26,27). The number of hydrogen-bond acceptors (Lipinski definition) is 4. The van der Waals surface area contributed by atoms with Gasteiger partial charge in [-0.05, 0) is 36.8 Å². The molecule has 1 unspecified atom stereocenters. The molecule has 1 N–H and O–H groups in total. The molecule has 2 fully saturated rings. The van der Waals surface area contributed by atoms with Gasteiger partial charge < -0.3 is 14.4 Å². The van der Waals surface area contributed by atoms with Crippen molar-refractivity contribution in [3.63, 3.8) is 0 Å². The van der Waals surface area contributed by atoms with E-state index in [4.69, 9.17) is 9.52 Å². The Labute approximate surface area is 160 Å². The van der Waals surface area contributed by atoms with Crippen molar-refractivity contribution >= 4 is 11.9 Å². The van der Waals surface area contributed by atoms with E-state index in [9.17, 15) is 18.4 Å². The summed E-state index contributed by atoms with van der Waals surface area (Å²) < 4.78 is 32.3. The van der Waals surface area contributed by atoms with E-state index < -0.39 is 17.6 Å². The number of aryl methyl sites for hydroxylation is 1. The number of benzene rings is 1. The summed E-state index contributed by atoms with van der Waals surface area (Å²) in [6.45, 7) is 1.14. The molecule has 0 radical (unpaired) electrons. The van der Waals surface area contributed by atoms with Crippen LogP contribution < -0.4 is 0 Å². The Balaban J connectivity index is 1.30. The highest BCUT2D eigenvalue weighted by Gasteiger charge is 2.59. The molecule has 148 valence electrons. The highest BCUT2D eigenvalue weighted by atomic mass is 19.1. The summed E-state index contributed by atoms with van der Waals surface area (Å²) in [4.78, 5) is 29.4. The predicted molar refractivity (Wildman–Crippen MR) is 94.2 cm³/mol. The SMILES string of the molecule is O=C(O)C1CC12CCN(C(=O)CCc1ncc(-c3ccc(F)cc3F)o1)CC2. The maximum Gasteiger partial charge on any atom is 0.307 e. The minimum atomic E-state index is -0.739. The molecule has 8 heteroatoms. The number of carboxylic acids is 1. The number of oxazole rings is 1. The van der Waals surface area contributed by atoms with Crippen molar-refractivity contribution in [3.8, 4) is 11.3 Å². The van der Waals surface area contributed by atoms with E-state index in [1.807, 2.05) is 0 Å². The molecule has 28 heavy (non-hydrogen) atoms. The zero-order valence-electron chi connectivity index (χ0n) is 15.2. The van der Waals surface area contributed by atoms with Gasteiger partial charge in [-0.25, -0.2) is 13.8 Å². The van der Waals surface area contributed by atoms with Crippen molar-refractivity contribution in [2.45, 2.75) is 32.1 Å². The van der Waals surface area contributed by atoms with E-state index in [1.54, 1.807) is 4.90 Å². The number of rotatable bonds is 5. The fraction of sp³-hybridized carbons (Fsp3) is 0.450. The lowest BCUT2D eigenvalue weighted by Crippen LogP contribution is -2.40. The van der Waals surface area contributed by atoms with E-state index in [2.05, 4.69) is 4.98 Å². The number of halogens is 2. The van der Waals surface area contributed by atoms with Gasteiger partial charge in [0.15, 0.2) is 11.7 Å². The fourth-order valence-electron chi connectivity index (χ4n) is 4.06. The van der Waals surface area contributed by atoms with Crippen LogP contribution in [-0.4, -0.2) is 40.0 Å². The topological polar surface area (TPSA) is 83.6 Å². The highest BCUT2D eigenvalue weighted by Crippen LogP contribution is 2.59. The van der Waals surface area contributed by atoms with Gasteiger partial charge in [0, 0.05) is 32.0 Å². The average Bonchev–Trinajstić information content (AvgIpc) is 3.16. The lowest BCUT2D eigenvalue weighted by molar-refractivity contribution is -0.139. The Morgan fingerprint density at radius 2 is 2.04 bits per heavy atom. The molecule has 2 aromatic rings. The Kier molecular flexibility index (Phi) is 4.64. The molecule has 2 heterocycles. The predicted octanol–water partition coefficient (Wildman–Crippen LogP) is 3.27. The molecule has 1 atom stereocenters. The third kappa shape index (κ3) is 3.50. The van der Waals surface area contributed by atoms with Gasteiger partial charge in [-0.15, -0.1) is 0 Å². The number of piperidine rings is 1. The molecular formula is C20H20F2N2O4. The molecule has 4 rings (SSSR count). The van der Waals surface area contributed by atoms with E-state index >= 15 is 0 Å². The second-order valence-electron chi connectivity index (χ2n) is 7.58. The molecule has 1 aliphatic carbocycles. The van der Waals surface area contributed by atoms with Crippen molar-refractivity contribution in [1.82, 2.24) is 9.88 Å². The van der Waals surface area contributed by atoms with Gasteiger partial charge in [0.05, 0.1) is 17.7 Å². The van der Waals surface area contributed by atoms with E-state index in [0.717, 1.165) is 25.0 Å². The summed E-state index contributed by atoms with van der Waals surface area (Å²) in [6.07, 6.45) is 4.01. The summed E-state index contributed by atoms with van der Waals surface area (Å²) in [5.41, 5.74) is 0.00415. The van der Waals surface area contributed by atoms with Crippen LogP contribution >= 0.6 is 0 Å². The Hall–Kier alpha value is -2.77. The van der Waals surface area contributed by atoms with Crippen LogP contribution in [0.5, 0.6) is 0 Å². The first-order chi connectivity index (χ1) is 13.4. The van der Waals surface area contributed by atoms with E-state index in [-0.39, 0.29) is 41.4 Å². The third-order valence-electron chi connectivity index (χ3n) is 5.90. The van der Waals surface area contributed by atoms with Gasteiger partial charge in [0.1, 0.15) is 11.6 Å². The van der Waals surface area contributed by atoms with Gasteiger partial charge >= 0.3 is 5.97 Å². The summed E-state index contributed by atoms with van der Waals surface area (Å²) in [7, 11) is 0. The number of hydrogen-bond donors (Lipinski definition) is 1. The number of carbonyl (C=O) groups is 2. The van der Waals surface area contributed by atoms with Crippen LogP contribution in [0.3, 0.4) is 0 Å². The molecular weight excluding hydrogens is 370 g/mol. The smallest absolute Gasteiger partial charge is 0.307 e. The van der Waals surface area contributed by atoms with E-state index in [0.29, 0.717) is 25.4 Å². The Morgan fingerprint density at radius 1 is 1.29 bits per heavy atom. The fourth-order valence-corrected chi connectivity index (χ4v) is 4.06. The van der Waals surface area contributed by atoms with Crippen molar-refractivity contribution in [2.75, 3.05) is 13.1 Å². The molecule has 1 aromatic heterocycles. The van der Waals surface area contributed by atoms with Crippen LogP contribution in [0.4, 0.5) is 8.78 Å². The molecule has 2 aliphatic rings. The molecule has 0 bridgehead atoms. The maximum atomic E-state index is 13.8. The van der Waals surface area contributed by atoms with Crippen molar-refractivity contribution in [1.29, 1.82) is 0 Å². The normalized spacial score (nSPS) is 20.4. The second kappa shape index (κ2) is 7.00. The first-order valence-electron chi connectivity index (χ1n) is 9.29. The minimum Gasteiger partial charge on any atom is -0.481 e. The lowest BCUT2D eigenvalue weighted by atomic mass is 9.90. The van der Waals surface area contributed by atoms with Crippen LogP contribution in [0, 0.1) is 23.0 Å². The molecule has 6 nitrogen and oxygen atoms in total. The van der Waals surface area contributed by atoms with Crippen LogP contribution in [0.25, 0.3) is 11.3 Å². The molecule has 1 amide bonds. The monoisotopic (exact) mass is 390 g/mol. The summed E-state index contributed by atoms with van der Waals surface area (Å²) >= 11 is 0. The number of amides is 1. The van der Waals surface area contributed by atoms with Crippen molar-refractivity contribution in [2.24, 2.45) is 11.3 Å². The van der Waals surface area contributed by atoms with Gasteiger partial charge in [0.2, 0.25) is 5.91 Å². The Bertz CT molecular complexity index is 919. The molecule has 1 aliphatic heterocycles. The first-order valence-corrected chi connectivity index (χ1v) is 9.29. The summed E-state index contributed by atoms with van der Waals surface area (Å²) in [6, 6.07) is 3.20. The number of carbonyl (C=O) groups excluding carboxylic acids is 1. The number of likely N-dealkylation sites (tertiary alicyclic amines) is 1. The molecule has 1 saturated carbocycles. The van der Waals surface area contributed by atoms with Crippen LogP contribution in [0.15, 0.2) is 28.8 Å². The molecule has 1 saturated heterocycles. The van der Waals surface area contributed by atoms with Crippen molar-refractivity contribution in [3.05, 3.63) is 41.9 Å². The lowest BCUT2D eigenvalue weighted by Gasteiger charge is -2.32. The quantitative estimate of drug-likeness (QED) is 0.847. The molecule has 1 spiro atoms. The van der Waals surface area contributed by atoms with Crippen molar-refractivity contribution < 1.29 is 27.9 Å². The zero-order valence-corrected chi connectivity index (χ0v) is 15.2. The van der Waals surface area contributed by atoms with E-state index in [1.165, 1.54) is 12.3 Å². The van der Waals surface area contributed by atoms with Gasteiger partial charge in [0.25, 0.3) is 0 Å². The number of carboxylic acid groups (broad SMARTS) is 1.